The third-order valence-electron chi connectivity index (χ3n) is 6.84. The highest BCUT2D eigenvalue weighted by atomic mass is 79.9. The molecule has 2 atom stereocenters. The van der Waals surface area contributed by atoms with Gasteiger partial charge in [-0.3, -0.25) is 19.3 Å². The van der Waals surface area contributed by atoms with E-state index >= 15 is 0 Å². The van der Waals surface area contributed by atoms with Crippen LogP contribution in [0.5, 0.6) is 0 Å². The molecule has 0 aromatic rings. The fraction of sp³-hybridized carbons (Fsp3) is 0.821. The SMILES string of the molecule is C/C(=C\CN(C)C(=O)C(NC(=O)C1CCCCN1C(C)C)C(C)C)C(=O)N1CCC(Br)CC1.CCC. The first-order valence-corrected chi connectivity index (χ1v) is 14.8. The van der Waals surface area contributed by atoms with E-state index in [2.05, 4.69) is 53.8 Å². The van der Waals surface area contributed by atoms with Gasteiger partial charge in [0.15, 0.2) is 0 Å². The molecule has 2 saturated heterocycles. The van der Waals surface area contributed by atoms with E-state index in [1.165, 1.54) is 6.42 Å². The van der Waals surface area contributed by atoms with Crippen molar-refractivity contribution in [2.75, 3.05) is 33.2 Å². The highest BCUT2D eigenvalue weighted by molar-refractivity contribution is 9.09. The molecule has 7 nitrogen and oxygen atoms in total. The largest absolute Gasteiger partial charge is 0.343 e. The lowest BCUT2D eigenvalue weighted by atomic mass is 9.97. The molecule has 2 aliphatic rings. The highest BCUT2D eigenvalue weighted by Gasteiger charge is 2.34. The van der Waals surface area contributed by atoms with E-state index in [0.29, 0.717) is 23.0 Å². The number of likely N-dealkylation sites (tertiary alicyclic amines) is 2. The van der Waals surface area contributed by atoms with Gasteiger partial charge in [-0.15, -0.1) is 0 Å². The van der Waals surface area contributed by atoms with E-state index in [4.69, 9.17) is 0 Å². The van der Waals surface area contributed by atoms with Crippen LogP contribution in [0.2, 0.25) is 0 Å². The molecular formula is C28H51BrN4O3. The number of nitrogens with one attached hydrogen (secondary N) is 1. The van der Waals surface area contributed by atoms with Crippen LogP contribution in [0, 0.1) is 5.92 Å². The summed E-state index contributed by atoms with van der Waals surface area (Å²) in [6.07, 6.45) is 7.96. The number of amides is 3. The molecule has 8 heteroatoms. The Labute approximate surface area is 228 Å². The first kappa shape index (κ1) is 32.6. The number of piperidine rings is 2. The average molecular weight is 572 g/mol. The minimum Gasteiger partial charge on any atom is -0.343 e. The Morgan fingerprint density at radius 1 is 1.03 bits per heavy atom. The van der Waals surface area contributed by atoms with Crippen molar-refractivity contribution in [2.24, 2.45) is 5.92 Å². The van der Waals surface area contributed by atoms with Crippen LogP contribution in [0.15, 0.2) is 11.6 Å². The van der Waals surface area contributed by atoms with E-state index < -0.39 is 6.04 Å². The summed E-state index contributed by atoms with van der Waals surface area (Å²) in [6, 6.07) is -0.467. The minimum atomic E-state index is -0.583. The van der Waals surface area contributed by atoms with Crippen molar-refractivity contribution >= 4 is 33.7 Å². The Balaban J connectivity index is 0.00000205. The van der Waals surface area contributed by atoms with E-state index in [0.717, 1.165) is 51.7 Å². The van der Waals surface area contributed by atoms with E-state index in [-0.39, 0.29) is 29.7 Å². The number of nitrogens with zero attached hydrogens (tertiary/aromatic N) is 3. The smallest absolute Gasteiger partial charge is 0.249 e. The second-order valence-electron chi connectivity index (χ2n) is 10.9. The zero-order valence-corrected chi connectivity index (χ0v) is 25.6. The van der Waals surface area contributed by atoms with Crippen LogP contribution in [0.4, 0.5) is 0 Å². The van der Waals surface area contributed by atoms with Crippen molar-refractivity contribution in [1.82, 2.24) is 20.0 Å². The summed E-state index contributed by atoms with van der Waals surface area (Å²) in [4.78, 5) is 45.2. The summed E-state index contributed by atoms with van der Waals surface area (Å²) in [5.74, 6) is -0.171. The summed E-state index contributed by atoms with van der Waals surface area (Å²) < 4.78 is 0. The standard InChI is InChI=1S/C25H43BrN4O3.C3H8/c1-17(2)22(27-23(31)21-9-7-8-13-30(21)18(3)4)25(33)28(6)14-10-19(5)24(32)29-15-11-20(26)12-16-29;1-3-2/h10,17-18,20-22H,7-9,11-16H2,1-6H3,(H,27,31);3H2,1-2H3/b19-10+;. The number of halogens is 1. The van der Waals surface area contributed by atoms with Crippen molar-refractivity contribution in [3.05, 3.63) is 11.6 Å². The van der Waals surface area contributed by atoms with Gasteiger partial charge in [-0.25, -0.2) is 0 Å². The molecule has 0 aliphatic carbocycles. The summed E-state index contributed by atoms with van der Waals surface area (Å²) in [7, 11) is 1.73. The van der Waals surface area contributed by atoms with Crippen LogP contribution in [0.1, 0.15) is 87.0 Å². The van der Waals surface area contributed by atoms with Gasteiger partial charge in [0, 0.05) is 43.1 Å². The molecule has 36 heavy (non-hydrogen) atoms. The second kappa shape index (κ2) is 16.4. The molecule has 0 aromatic carbocycles. The third-order valence-corrected chi connectivity index (χ3v) is 7.75. The molecule has 2 heterocycles. The minimum absolute atomic E-state index is 0.0303. The lowest BCUT2D eigenvalue weighted by molar-refractivity contribution is -0.138. The maximum Gasteiger partial charge on any atom is 0.249 e. The first-order chi connectivity index (χ1) is 16.9. The molecular weight excluding hydrogens is 520 g/mol. The zero-order chi connectivity index (χ0) is 27.4. The topological polar surface area (TPSA) is 73.0 Å². The maximum atomic E-state index is 13.2. The quantitative estimate of drug-likeness (QED) is 0.342. The molecule has 0 aromatic heterocycles. The van der Waals surface area contributed by atoms with E-state index in [1.807, 2.05) is 31.7 Å². The summed E-state index contributed by atoms with van der Waals surface area (Å²) in [5, 5.41) is 3.05. The number of carbonyl (C=O) groups excluding carboxylic acids is 3. The second-order valence-corrected chi connectivity index (χ2v) is 12.1. The predicted molar refractivity (Wildman–Crippen MR) is 152 cm³/mol. The lowest BCUT2D eigenvalue weighted by Gasteiger charge is -2.38. The predicted octanol–water partition coefficient (Wildman–Crippen LogP) is 4.60. The van der Waals surface area contributed by atoms with Gasteiger partial charge < -0.3 is 15.1 Å². The van der Waals surface area contributed by atoms with E-state index in [1.54, 1.807) is 11.9 Å². The molecule has 2 unspecified atom stereocenters. The summed E-state index contributed by atoms with van der Waals surface area (Å²) in [6.45, 7) is 17.0. The molecule has 0 radical (unpaired) electrons. The molecule has 3 amide bonds. The number of hydrogen-bond donors (Lipinski definition) is 1. The Kier molecular flexibility index (Phi) is 14.9. The Morgan fingerprint density at radius 3 is 2.14 bits per heavy atom. The Hall–Kier alpha value is -1.41. The van der Waals surface area contributed by atoms with Crippen molar-refractivity contribution < 1.29 is 14.4 Å². The number of alkyl halides is 1. The number of likely N-dealkylation sites (N-methyl/N-ethyl adjacent to an activating group) is 1. The van der Waals surface area contributed by atoms with Gasteiger partial charge in [0.2, 0.25) is 17.7 Å². The monoisotopic (exact) mass is 570 g/mol. The van der Waals surface area contributed by atoms with Crippen molar-refractivity contribution in [1.29, 1.82) is 0 Å². The molecule has 0 saturated carbocycles. The maximum absolute atomic E-state index is 13.2. The van der Waals surface area contributed by atoms with E-state index in [9.17, 15) is 14.4 Å². The van der Waals surface area contributed by atoms with Crippen LogP contribution in [0.25, 0.3) is 0 Å². The zero-order valence-electron chi connectivity index (χ0n) is 24.0. The molecule has 2 fully saturated rings. The molecule has 2 rings (SSSR count). The van der Waals surface area contributed by atoms with Crippen LogP contribution < -0.4 is 5.32 Å². The lowest BCUT2D eigenvalue weighted by Crippen LogP contribution is -2.57. The van der Waals surface area contributed by atoms with Gasteiger partial charge in [0.05, 0.1) is 6.04 Å². The van der Waals surface area contributed by atoms with Gasteiger partial charge in [0.25, 0.3) is 0 Å². The normalized spacial score (nSPS) is 20.6. The van der Waals surface area contributed by atoms with Gasteiger partial charge in [0.1, 0.15) is 6.04 Å². The van der Waals surface area contributed by atoms with Crippen molar-refractivity contribution in [3.8, 4) is 0 Å². The average Bonchev–Trinajstić information content (AvgIpc) is 2.85. The number of rotatable bonds is 8. The molecule has 2 aliphatic heterocycles. The number of carbonyl (C=O) groups is 3. The Bertz CT molecular complexity index is 732. The molecule has 1 N–H and O–H groups in total. The number of hydrogen-bond acceptors (Lipinski definition) is 4. The third kappa shape index (κ3) is 10.2. The van der Waals surface area contributed by atoms with Gasteiger partial charge >= 0.3 is 0 Å². The van der Waals surface area contributed by atoms with Crippen molar-refractivity contribution in [2.45, 2.75) is 110 Å². The van der Waals surface area contributed by atoms with Gasteiger partial charge in [-0.05, 0) is 58.9 Å². The fourth-order valence-corrected chi connectivity index (χ4v) is 5.02. The molecule has 0 spiro atoms. The van der Waals surface area contributed by atoms with Crippen molar-refractivity contribution in [3.63, 3.8) is 0 Å². The fourth-order valence-electron chi connectivity index (χ4n) is 4.61. The summed E-state index contributed by atoms with van der Waals surface area (Å²) >= 11 is 3.62. The first-order valence-electron chi connectivity index (χ1n) is 13.9. The Morgan fingerprint density at radius 2 is 1.61 bits per heavy atom. The molecule has 0 bridgehead atoms. The highest BCUT2D eigenvalue weighted by Crippen LogP contribution is 2.21. The van der Waals surface area contributed by atoms with Gasteiger partial charge in [-0.2, -0.15) is 0 Å². The summed E-state index contributed by atoms with van der Waals surface area (Å²) in [5.41, 5.74) is 0.655. The van der Waals surface area contributed by atoms with Gasteiger partial charge in [-0.1, -0.05) is 62.5 Å². The van der Waals surface area contributed by atoms with Crippen LogP contribution >= 0.6 is 15.9 Å². The van der Waals surface area contributed by atoms with Crippen LogP contribution in [-0.2, 0) is 14.4 Å². The van der Waals surface area contributed by atoms with Crippen LogP contribution in [0.3, 0.4) is 0 Å². The molecule has 208 valence electrons. The van der Waals surface area contributed by atoms with Crippen LogP contribution in [-0.4, -0.2) is 88.6 Å².